The van der Waals surface area contributed by atoms with Crippen molar-refractivity contribution in [1.82, 2.24) is 4.98 Å². The maximum atomic E-state index is 6.40. The zero-order valence-electron chi connectivity index (χ0n) is 12.7. The van der Waals surface area contributed by atoms with E-state index in [1.807, 2.05) is 25.3 Å². The number of pyridine rings is 1. The van der Waals surface area contributed by atoms with E-state index in [1.165, 1.54) is 11.1 Å². The molecule has 0 spiro atoms. The second kappa shape index (κ2) is 6.54. The van der Waals surface area contributed by atoms with Crippen molar-refractivity contribution in [2.24, 2.45) is 5.73 Å². The fraction of sp³-hybridized carbons (Fsp3) is 0.150. The summed E-state index contributed by atoms with van der Waals surface area (Å²) in [5, 5.41) is 0. The molecule has 0 saturated heterocycles. The standard InChI is InChI=1S/C20H20N2/c1-15-19(11-6-12-22-15)17-9-5-10-18(14-17)20(21)13-16-7-3-2-4-8-16/h2-12,14,20H,13,21H2,1H3. The number of aromatic nitrogens is 1. The summed E-state index contributed by atoms with van der Waals surface area (Å²) in [4.78, 5) is 4.37. The number of aryl methyl sites for hydroxylation is 1. The van der Waals surface area contributed by atoms with Gasteiger partial charge in [-0.2, -0.15) is 0 Å². The topological polar surface area (TPSA) is 38.9 Å². The van der Waals surface area contributed by atoms with Crippen molar-refractivity contribution in [3.05, 3.63) is 89.7 Å². The second-order valence-corrected chi connectivity index (χ2v) is 5.56. The van der Waals surface area contributed by atoms with Gasteiger partial charge in [-0.05, 0) is 42.2 Å². The second-order valence-electron chi connectivity index (χ2n) is 5.56. The molecular weight excluding hydrogens is 268 g/mol. The maximum Gasteiger partial charge on any atom is 0.0450 e. The summed E-state index contributed by atoms with van der Waals surface area (Å²) in [5.74, 6) is 0. The van der Waals surface area contributed by atoms with Gasteiger partial charge in [0.25, 0.3) is 0 Å². The first-order valence-corrected chi connectivity index (χ1v) is 7.55. The van der Waals surface area contributed by atoms with E-state index in [0.717, 1.165) is 23.2 Å². The van der Waals surface area contributed by atoms with Crippen LogP contribution in [0.25, 0.3) is 11.1 Å². The van der Waals surface area contributed by atoms with Crippen LogP contribution in [0.15, 0.2) is 72.9 Å². The Kier molecular flexibility index (Phi) is 4.31. The van der Waals surface area contributed by atoms with Crippen molar-refractivity contribution < 1.29 is 0 Å². The molecule has 22 heavy (non-hydrogen) atoms. The highest BCUT2D eigenvalue weighted by Gasteiger charge is 2.09. The van der Waals surface area contributed by atoms with Gasteiger partial charge in [-0.1, -0.05) is 54.6 Å². The first-order valence-electron chi connectivity index (χ1n) is 7.55. The van der Waals surface area contributed by atoms with Crippen LogP contribution in [0.3, 0.4) is 0 Å². The van der Waals surface area contributed by atoms with Crippen molar-refractivity contribution in [1.29, 1.82) is 0 Å². The van der Waals surface area contributed by atoms with Crippen LogP contribution in [0.2, 0.25) is 0 Å². The molecule has 0 bridgehead atoms. The Bertz CT molecular complexity index is 750. The first-order chi connectivity index (χ1) is 10.7. The largest absolute Gasteiger partial charge is 0.324 e. The van der Waals surface area contributed by atoms with E-state index in [1.54, 1.807) is 0 Å². The van der Waals surface area contributed by atoms with Gasteiger partial charge in [0.1, 0.15) is 0 Å². The summed E-state index contributed by atoms with van der Waals surface area (Å²) in [7, 11) is 0. The van der Waals surface area contributed by atoms with Crippen molar-refractivity contribution >= 4 is 0 Å². The molecule has 2 aromatic carbocycles. The van der Waals surface area contributed by atoms with Crippen LogP contribution in [-0.2, 0) is 6.42 Å². The molecule has 2 heteroatoms. The molecule has 0 amide bonds. The molecule has 2 nitrogen and oxygen atoms in total. The van der Waals surface area contributed by atoms with Gasteiger partial charge in [-0.15, -0.1) is 0 Å². The van der Waals surface area contributed by atoms with Crippen LogP contribution < -0.4 is 5.73 Å². The molecule has 1 aromatic heterocycles. The van der Waals surface area contributed by atoms with Crippen molar-refractivity contribution in [3.63, 3.8) is 0 Å². The normalized spacial score (nSPS) is 12.1. The molecule has 0 aliphatic rings. The maximum absolute atomic E-state index is 6.40. The molecule has 0 radical (unpaired) electrons. The third kappa shape index (κ3) is 3.23. The average Bonchev–Trinajstić information content (AvgIpc) is 2.56. The quantitative estimate of drug-likeness (QED) is 0.777. The predicted molar refractivity (Wildman–Crippen MR) is 91.5 cm³/mol. The minimum absolute atomic E-state index is 0.000623. The summed E-state index contributed by atoms with van der Waals surface area (Å²) in [6.45, 7) is 2.03. The van der Waals surface area contributed by atoms with E-state index in [9.17, 15) is 0 Å². The average molecular weight is 288 g/mol. The lowest BCUT2D eigenvalue weighted by molar-refractivity contribution is 0.722. The van der Waals surface area contributed by atoms with Crippen molar-refractivity contribution in [2.75, 3.05) is 0 Å². The van der Waals surface area contributed by atoms with E-state index in [4.69, 9.17) is 5.73 Å². The Labute approximate surface area is 131 Å². The molecule has 0 fully saturated rings. The van der Waals surface area contributed by atoms with Crippen LogP contribution >= 0.6 is 0 Å². The molecule has 0 aliphatic carbocycles. The van der Waals surface area contributed by atoms with Crippen molar-refractivity contribution in [2.45, 2.75) is 19.4 Å². The zero-order chi connectivity index (χ0) is 15.4. The molecule has 3 aromatic rings. The lowest BCUT2D eigenvalue weighted by atomic mass is 9.95. The van der Waals surface area contributed by atoms with E-state index >= 15 is 0 Å². The number of rotatable bonds is 4. The van der Waals surface area contributed by atoms with E-state index in [-0.39, 0.29) is 6.04 Å². The smallest absolute Gasteiger partial charge is 0.0450 e. The van der Waals surface area contributed by atoms with Gasteiger partial charge in [-0.3, -0.25) is 4.98 Å². The monoisotopic (exact) mass is 288 g/mol. The van der Waals surface area contributed by atoms with Gasteiger partial charge in [-0.25, -0.2) is 0 Å². The molecule has 1 atom stereocenters. The molecule has 3 rings (SSSR count). The number of hydrogen-bond acceptors (Lipinski definition) is 2. The number of nitrogens with zero attached hydrogens (tertiary/aromatic N) is 1. The molecular formula is C20H20N2. The van der Waals surface area contributed by atoms with Crippen molar-refractivity contribution in [3.8, 4) is 11.1 Å². The number of hydrogen-bond donors (Lipinski definition) is 1. The summed E-state index contributed by atoms with van der Waals surface area (Å²) >= 11 is 0. The summed E-state index contributed by atoms with van der Waals surface area (Å²) in [5.41, 5.74) is 12.2. The fourth-order valence-corrected chi connectivity index (χ4v) is 2.71. The lowest BCUT2D eigenvalue weighted by Crippen LogP contribution is -2.13. The molecule has 1 unspecified atom stereocenters. The Hall–Kier alpha value is -2.45. The lowest BCUT2D eigenvalue weighted by Gasteiger charge is -2.14. The number of nitrogens with two attached hydrogens (primary N) is 1. The van der Waals surface area contributed by atoms with Crippen LogP contribution in [0.5, 0.6) is 0 Å². The minimum atomic E-state index is -0.000623. The number of benzene rings is 2. The highest BCUT2D eigenvalue weighted by Crippen LogP contribution is 2.25. The predicted octanol–water partition coefficient (Wildman–Crippen LogP) is 4.30. The summed E-state index contributed by atoms with van der Waals surface area (Å²) < 4.78 is 0. The van der Waals surface area contributed by atoms with Gasteiger partial charge in [0.15, 0.2) is 0 Å². The first kappa shape index (κ1) is 14.5. The van der Waals surface area contributed by atoms with Gasteiger partial charge >= 0.3 is 0 Å². The van der Waals surface area contributed by atoms with Crippen LogP contribution in [-0.4, -0.2) is 4.98 Å². The third-order valence-corrected chi connectivity index (χ3v) is 3.93. The van der Waals surface area contributed by atoms with Gasteiger partial charge in [0.2, 0.25) is 0 Å². The summed E-state index contributed by atoms with van der Waals surface area (Å²) in [6.07, 6.45) is 2.67. The molecule has 1 heterocycles. The Morgan fingerprint density at radius 1 is 0.955 bits per heavy atom. The highest BCUT2D eigenvalue weighted by atomic mass is 14.7. The van der Waals surface area contributed by atoms with Crippen LogP contribution in [0.4, 0.5) is 0 Å². The summed E-state index contributed by atoms with van der Waals surface area (Å²) in [6, 6.07) is 22.9. The third-order valence-electron chi connectivity index (χ3n) is 3.93. The molecule has 0 aliphatic heterocycles. The fourth-order valence-electron chi connectivity index (χ4n) is 2.71. The Morgan fingerprint density at radius 3 is 2.55 bits per heavy atom. The molecule has 2 N–H and O–H groups in total. The van der Waals surface area contributed by atoms with E-state index in [0.29, 0.717) is 0 Å². The SMILES string of the molecule is Cc1ncccc1-c1cccc(C(N)Cc2ccccc2)c1. The minimum Gasteiger partial charge on any atom is -0.324 e. The highest BCUT2D eigenvalue weighted by molar-refractivity contribution is 5.66. The van der Waals surface area contributed by atoms with E-state index < -0.39 is 0 Å². The van der Waals surface area contributed by atoms with Gasteiger partial charge in [0.05, 0.1) is 0 Å². The van der Waals surface area contributed by atoms with Gasteiger partial charge < -0.3 is 5.73 Å². The Balaban J connectivity index is 1.86. The van der Waals surface area contributed by atoms with Crippen LogP contribution in [0, 0.1) is 6.92 Å². The zero-order valence-corrected chi connectivity index (χ0v) is 12.7. The molecule has 110 valence electrons. The van der Waals surface area contributed by atoms with E-state index in [2.05, 4.69) is 59.6 Å². The Morgan fingerprint density at radius 2 is 1.77 bits per heavy atom. The van der Waals surface area contributed by atoms with Crippen LogP contribution in [0.1, 0.15) is 22.9 Å². The van der Waals surface area contributed by atoms with Gasteiger partial charge in [0, 0.05) is 23.5 Å². The molecule has 0 saturated carbocycles.